The number of halogens is 1. The van der Waals surface area contributed by atoms with Crippen LogP contribution in [0.25, 0.3) is 0 Å². The van der Waals surface area contributed by atoms with Gasteiger partial charge in [0.25, 0.3) is 0 Å². The van der Waals surface area contributed by atoms with Crippen molar-refractivity contribution in [1.82, 2.24) is 0 Å². The van der Waals surface area contributed by atoms with Crippen LogP contribution in [0.3, 0.4) is 0 Å². The zero-order valence-corrected chi connectivity index (χ0v) is 11.4. The Morgan fingerprint density at radius 2 is 2.07 bits per heavy atom. The Labute approximate surface area is 105 Å². The largest absolute Gasteiger partial charge is 0.491 e. The first kappa shape index (κ1) is 12.8. The maximum Gasteiger partial charge on any atom is 0.120 e. The Hall–Kier alpha value is -0.290. The van der Waals surface area contributed by atoms with Gasteiger partial charge < -0.3 is 9.47 Å². The van der Waals surface area contributed by atoms with Crippen molar-refractivity contribution >= 4 is 22.6 Å². The van der Waals surface area contributed by atoms with E-state index >= 15 is 0 Å². The maximum atomic E-state index is 5.54. The third kappa shape index (κ3) is 5.99. The zero-order chi connectivity index (χ0) is 11.1. The molecule has 84 valence electrons. The lowest BCUT2D eigenvalue weighted by Crippen LogP contribution is -2.10. The van der Waals surface area contributed by atoms with Gasteiger partial charge in [0, 0.05) is 10.2 Å². The van der Waals surface area contributed by atoms with Crippen molar-refractivity contribution in [3.8, 4) is 5.75 Å². The number of hydrogen-bond acceptors (Lipinski definition) is 2. The van der Waals surface area contributed by atoms with Crippen molar-refractivity contribution in [3.63, 3.8) is 0 Å². The van der Waals surface area contributed by atoms with E-state index in [1.807, 2.05) is 24.3 Å². The summed E-state index contributed by atoms with van der Waals surface area (Å²) in [6, 6.07) is 8.02. The van der Waals surface area contributed by atoms with Gasteiger partial charge in [-0.1, -0.05) is 19.9 Å². The van der Waals surface area contributed by atoms with Gasteiger partial charge in [-0.25, -0.2) is 0 Å². The molecule has 0 amide bonds. The van der Waals surface area contributed by atoms with Crippen LogP contribution in [0.2, 0.25) is 0 Å². The fourth-order valence-corrected chi connectivity index (χ4v) is 1.61. The first-order chi connectivity index (χ1) is 7.18. The predicted octanol–water partition coefficient (Wildman–Crippen LogP) is 3.34. The number of ether oxygens (including phenoxy) is 2. The molecule has 0 N–H and O–H groups in total. The molecule has 0 heterocycles. The van der Waals surface area contributed by atoms with E-state index in [1.54, 1.807) is 0 Å². The van der Waals surface area contributed by atoms with E-state index in [2.05, 4.69) is 36.4 Å². The summed E-state index contributed by atoms with van der Waals surface area (Å²) in [7, 11) is 0. The molecule has 1 aromatic carbocycles. The van der Waals surface area contributed by atoms with Crippen LogP contribution in [0.5, 0.6) is 5.75 Å². The van der Waals surface area contributed by atoms with Crippen molar-refractivity contribution in [3.05, 3.63) is 27.8 Å². The van der Waals surface area contributed by atoms with Gasteiger partial charge in [-0.2, -0.15) is 0 Å². The van der Waals surface area contributed by atoms with E-state index in [0.29, 0.717) is 19.1 Å². The fourth-order valence-electron chi connectivity index (χ4n) is 1.09. The molecule has 0 atom stereocenters. The quantitative estimate of drug-likeness (QED) is 0.591. The average molecular weight is 320 g/mol. The minimum Gasteiger partial charge on any atom is -0.491 e. The average Bonchev–Trinajstić information content (AvgIpc) is 2.17. The lowest BCUT2D eigenvalue weighted by molar-refractivity contribution is 0.0819. The molecule has 0 unspecified atom stereocenters. The number of benzene rings is 1. The molecule has 1 aromatic rings. The molecule has 0 aliphatic heterocycles. The van der Waals surface area contributed by atoms with Gasteiger partial charge in [-0.05, 0) is 46.7 Å². The summed E-state index contributed by atoms with van der Waals surface area (Å²) in [6.07, 6.45) is 0. The molecule has 0 radical (unpaired) electrons. The molecule has 2 nitrogen and oxygen atoms in total. The van der Waals surface area contributed by atoms with E-state index in [1.165, 1.54) is 3.57 Å². The summed E-state index contributed by atoms with van der Waals surface area (Å²) in [5, 5.41) is 0. The Morgan fingerprint density at radius 3 is 2.73 bits per heavy atom. The van der Waals surface area contributed by atoms with Crippen molar-refractivity contribution < 1.29 is 9.47 Å². The zero-order valence-electron chi connectivity index (χ0n) is 9.20. The SMILES string of the molecule is CC(C)COCCOc1cccc(I)c1. The molecule has 0 bridgehead atoms. The summed E-state index contributed by atoms with van der Waals surface area (Å²) in [5.41, 5.74) is 0. The van der Waals surface area contributed by atoms with Crippen molar-refractivity contribution in [2.24, 2.45) is 5.92 Å². The second kappa shape index (κ2) is 7.06. The predicted molar refractivity (Wildman–Crippen MR) is 70.3 cm³/mol. The summed E-state index contributed by atoms with van der Waals surface area (Å²) in [4.78, 5) is 0. The smallest absolute Gasteiger partial charge is 0.120 e. The Balaban J connectivity index is 2.15. The summed E-state index contributed by atoms with van der Waals surface area (Å²) in [5.74, 6) is 1.50. The minimum absolute atomic E-state index is 0.586. The monoisotopic (exact) mass is 320 g/mol. The molecular formula is C12H17IO2. The molecule has 0 aliphatic carbocycles. The third-order valence-electron chi connectivity index (χ3n) is 1.74. The molecule has 0 aliphatic rings. The lowest BCUT2D eigenvalue weighted by atomic mass is 10.2. The molecule has 1 rings (SSSR count). The summed E-state index contributed by atoms with van der Waals surface area (Å²) in [6.45, 7) is 6.35. The summed E-state index contributed by atoms with van der Waals surface area (Å²) >= 11 is 2.27. The highest BCUT2D eigenvalue weighted by molar-refractivity contribution is 14.1. The normalized spacial score (nSPS) is 10.7. The van der Waals surface area contributed by atoms with Crippen molar-refractivity contribution in [1.29, 1.82) is 0 Å². The molecule has 0 saturated carbocycles. The van der Waals surface area contributed by atoms with Crippen molar-refractivity contribution in [2.45, 2.75) is 13.8 Å². The Morgan fingerprint density at radius 1 is 1.27 bits per heavy atom. The van der Waals surface area contributed by atoms with Crippen LogP contribution in [0.4, 0.5) is 0 Å². The fraction of sp³-hybridized carbons (Fsp3) is 0.500. The second-order valence-electron chi connectivity index (χ2n) is 3.77. The second-order valence-corrected chi connectivity index (χ2v) is 5.02. The number of hydrogen-bond donors (Lipinski definition) is 0. The third-order valence-corrected chi connectivity index (χ3v) is 2.41. The topological polar surface area (TPSA) is 18.5 Å². The molecule has 0 spiro atoms. The van der Waals surface area contributed by atoms with E-state index in [0.717, 1.165) is 12.4 Å². The van der Waals surface area contributed by atoms with Crippen LogP contribution in [0.15, 0.2) is 24.3 Å². The van der Waals surface area contributed by atoms with E-state index < -0.39 is 0 Å². The number of rotatable bonds is 6. The highest BCUT2D eigenvalue weighted by Gasteiger charge is 1.96. The highest BCUT2D eigenvalue weighted by atomic mass is 127. The molecule has 3 heteroatoms. The molecule has 15 heavy (non-hydrogen) atoms. The van der Waals surface area contributed by atoms with Crippen LogP contribution >= 0.6 is 22.6 Å². The standard InChI is InChI=1S/C12H17IO2/c1-10(2)9-14-6-7-15-12-5-3-4-11(13)8-12/h3-5,8,10H,6-7,9H2,1-2H3. The van der Waals surface area contributed by atoms with Gasteiger partial charge in [0.1, 0.15) is 12.4 Å². The van der Waals surface area contributed by atoms with Crippen molar-refractivity contribution in [2.75, 3.05) is 19.8 Å². The maximum absolute atomic E-state index is 5.54. The van der Waals surface area contributed by atoms with Gasteiger partial charge in [0.2, 0.25) is 0 Å². The molecular weight excluding hydrogens is 303 g/mol. The van der Waals surface area contributed by atoms with Gasteiger partial charge in [0.05, 0.1) is 6.61 Å². The van der Waals surface area contributed by atoms with E-state index in [4.69, 9.17) is 9.47 Å². The minimum atomic E-state index is 0.586. The molecule has 0 fully saturated rings. The first-order valence-electron chi connectivity index (χ1n) is 5.14. The van der Waals surface area contributed by atoms with E-state index in [-0.39, 0.29) is 0 Å². The van der Waals surface area contributed by atoms with Gasteiger partial charge in [0.15, 0.2) is 0 Å². The molecule has 0 aromatic heterocycles. The van der Waals surface area contributed by atoms with Crippen LogP contribution in [0, 0.1) is 9.49 Å². The first-order valence-corrected chi connectivity index (χ1v) is 6.22. The Bertz CT molecular complexity index is 287. The molecule has 0 saturated heterocycles. The van der Waals surface area contributed by atoms with Crippen LogP contribution in [0.1, 0.15) is 13.8 Å². The van der Waals surface area contributed by atoms with Crippen LogP contribution in [-0.2, 0) is 4.74 Å². The lowest BCUT2D eigenvalue weighted by Gasteiger charge is -2.08. The van der Waals surface area contributed by atoms with Gasteiger partial charge in [-0.15, -0.1) is 0 Å². The Kier molecular flexibility index (Phi) is 6.02. The van der Waals surface area contributed by atoms with Crippen LogP contribution in [-0.4, -0.2) is 19.8 Å². The van der Waals surface area contributed by atoms with Gasteiger partial charge >= 0.3 is 0 Å². The van der Waals surface area contributed by atoms with Gasteiger partial charge in [-0.3, -0.25) is 0 Å². The van der Waals surface area contributed by atoms with E-state index in [9.17, 15) is 0 Å². The summed E-state index contributed by atoms with van der Waals surface area (Å²) < 4.78 is 12.1. The highest BCUT2D eigenvalue weighted by Crippen LogP contribution is 2.14. The van der Waals surface area contributed by atoms with Crippen LogP contribution < -0.4 is 4.74 Å².